The van der Waals surface area contributed by atoms with E-state index in [9.17, 15) is 10.2 Å². The number of hydrogen-bond acceptors (Lipinski definition) is 5. The van der Waals surface area contributed by atoms with Gasteiger partial charge in [0, 0.05) is 4.88 Å². The number of aliphatic hydroxyl groups is 2. The predicted octanol–water partition coefficient (Wildman–Crippen LogP) is 5.80. The second-order valence-corrected chi connectivity index (χ2v) is 8.61. The molecule has 0 radical (unpaired) electrons. The molecule has 0 saturated heterocycles. The van der Waals surface area contributed by atoms with E-state index in [1.807, 2.05) is 54.6 Å². The fraction of sp³-hybridized carbons (Fsp3) is 0.174. The quantitative estimate of drug-likeness (QED) is 0.360. The maximum Gasteiger partial charge on any atom is 0.100 e. The third kappa shape index (κ3) is 5.14. The highest BCUT2D eigenvalue weighted by Gasteiger charge is 2.20. The van der Waals surface area contributed by atoms with Crippen LogP contribution in [0.4, 0.5) is 5.69 Å². The van der Waals surface area contributed by atoms with Crippen molar-refractivity contribution in [3.63, 3.8) is 0 Å². The molecule has 29 heavy (non-hydrogen) atoms. The monoisotopic (exact) mass is 426 g/mol. The van der Waals surface area contributed by atoms with Crippen LogP contribution < -0.4 is 5.32 Å². The molecular formula is C23H23ClN2O2S. The third-order valence-electron chi connectivity index (χ3n) is 4.42. The van der Waals surface area contributed by atoms with E-state index in [2.05, 4.69) is 5.32 Å². The first-order valence-corrected chi connectivity index (χ1v) is 10.3. The summed E-state index contributed by atoms with van der Waals surface area (Å²) in [6, 6.07) is 19.1. The summed E-state index contributed by atoms with van der Waals surface area (Å²) >= 11 is 7.84. The van der Waals surface area contributed by atoms with Gasteiger partial charge < -0.3 is 20.9 Å². The number of halogens is 1. The molecule has 4 nitrogen and oxygen atoms in total. The van der Waals surface area contributed by atoms with Gasteiger partial charge in [0.2, 0.25) is 0 Å². The summed E-state index contributed by atoms with van der Waals surface area (Å²) < 4.78 is 0. The van der Waals surface area contributed by atoms with Crippen molar-refractivity contribution < 1.29 is 10.2 Å². The lowest BCUT2D eigenvalue weighted by atomic mass is 10.0. The van der Waals surface area contributed by atoms with Gasteiger partial charge in [-0.05, 0) is 55.3 Å². The molecule has 0 aliphatic carbocycles. The number of rotatable bonds is 7. The Kier molecular flexibility index (Phi) is 6.55. The molecule has 0 atom stereocenters. The van der Waals surface area contributed by atoms with Gasteiger partial charge in [0.15, 0.2) is 0 Å². The first-order valence-electron chi connectivity index (χ1n) is 9.13. The van der Waals surface area contributed by atoms with E-state index in [-0.39, 0.29) is 12.3 Å². The van der Waals surface area contributed by atoms with E-state index in [1.165, 1.54) is 11.3 Å². The standard InChI is InChI=1S/C23H23ClN2O2S/c1-23(2,28)22(25)13-19(26-18-10-6-5-9-17(18)24)21-12-11-20(29-21)16-8-4-3-7-15(16)14-27/h3-13,25-28H,14H2,1-2H3/b19-13-,25-22?. The Bertz CT molecular complexity index is 1050. The first-order chi connectivity index (χ1) is 13.8. The third-order valence-corrected chi connectivity index (χ3v) is 5.90. The summed E-state index contributed by atoms with van der Waals surface area (Å²) in [6.45, 7) is 3.12. The summed E-state index contributed by atoms with van der Waals surface area (Å²) in [5.74, 6) is 0. The van der Waals surface area contributed by atoms with E-state index in [1.54, 1.807) is 26.0 Å². The van der Waals surface area contributed by atoms with E-state index in [0.717, 1.165) is 26.6 Å². The van der Waals surface area contributed by atoms with Gasteiger partial charge in [0.25, 0.3) is 0 Å². The van der Waals surface area contributed by atoms with Crippen LogP contribution in [-0.4, -0.2) is 21.5 Å². The minimum absolute atomic E-state index is 0.0344. The van der Waals surface area contributed by atoms with E-state index in [4.69, 9.17) is 17.0 Å². The summed E-state index contributed by atoms with van der Waals surface area (Å²) in [6.07, 6.45) is 1.62. The summed E-state index contributed by atoms with van der Waals surface area (Å²) in [5.41, 5.74) is 2.03. The number of hydrogen-bond donors (Lipinski definition) is 4. The van der Waals surface area contributed by atoms with E-state index in [0.29, 0.717) is 10.7 Å². The minimum atomic E-state index is -1.27. The smallest absolute Gasteiger partial charge is 0.100 e. The molecular weight excluding hydrogens is 404 g/mol. The maximum atomic E-state index is 10.2. The molecule has 0 unspecified atom stereocenters. The van der Waals surface area contributed by atoms with Crippen LogP contribution >= 0.6 is 22.9 Å². The molecule has 0 fully saturated rings. The van der Waals surface area contributed by atoms with Crippen molar-refractivity contribution in [3.8, 4) is 10.4 Å². The fourth-order valence-corrected chi connectivity index (χ4v) is 3.94. The van der Waals surface area contributed by atoms with Crippen LogP contribution in [0, 0.1) is 5.41 Å². The zero-order valence-electron chi connectivity index (χ0n) is 16.2. The molecule has 3 aromatic rings. The van der Waals surface area contributed by atoms with Crippen LogP contribution in [0.5, 0.6) is 0 Å². The molecule has 0 aliphatic rings. The van der Waals surface area contributed by atoms with Gasteiger partial charge in [-0.15, -0.1) is 11.3 Å². The average Bonchev–Trinajstić information content (AvgIpc) is 3.18. The second-order valence-electron chi connectivity index (χ2n) is 7.11. The molecule has 1 heterocycles. The molecule has 0 bridgehead atoms. The van der Waals surface area contributed by atoms with Crippen molar-refractivity contribution in [2.45, 2.75) is 26.1 Å². The van der Waals surface area contributed by atoms with Crippen LogP contribution in [0.15, 0.2) is 66.7 Å². The zero-order valence-corrected chi connectivity index (χ0v) is 17.8. The van der Waals surface area contributed by atoms with Crippen molar-refractivity contribution in [2.24, 2.45) is 0 Å². The van der Waals surface area contributed by atoms with Crippen molar-refractivity contribution in [1.29, 1.82) is 5.41 Å². The Balaban J connectivity index is 2.03. The lowest BCUT2D eigenvalue weighted by molar-refractivity contribution is 0.154. The van der Waals surface area contributed by atoms with Gasteiger partial charge in [-0.3, -0.25) is 0 Å². The van der Waals surface area contributed by atoms with Gasteiger partial charge in [-0.2, -0.15) is 0 Å². The molecule has 150 valence electrons. The highest BCUT2D eigenvalue weighted by atomic mass is 35.5. The highest BCUT2D eigenvalue weighted by molar-refractivity contribution is 7.16. The van der Waals surface area contributed by atoms with Crippen LogP contribution in [0.3, 0.4) is 0 Å². The molecule has 2 aromatic carbocycles. The Labute approximate surface area is 179 Å². The number of nitrogens with one attached hydrogen (secondary N) is 2. The van der Waals surface area contributed by atoms with Gasteiger partial charge >= 0.3 is 0 Å². The van der Waals surface area contributed by atoms with Crippen LogP contribution in [0.1, 0.15) is 24.3 Å². The van der Waals surface area contributed by atoms with Gasteiger partial charge in [-0.25, -0.2) is 0 Å². The van der Waals surface area contributed by atoms with E-state index < -0.39 is 5.60 Å². The molecule has 1 aromatic heterocycles. The first kappa shape index (κ1) is 21.3. The zero-order chi connectivity index (χ0) is 21.0. The molecule has 0 saturated carbocycles. The topological polar surface area (TPSA) is 76.3 Å². The minimum Gasteiger partial charge on any atom is -0.392 e. The number of thiophene rings is 1. The Morgan fingerprint density at radius 3 is 2.48 bits per heavy atom. The van der Waals surface area contributed by atoms with Crippen molar-refractivity contribution in [2.75, 3.05) is 5.32 Å². The van der Waals surface area contributed by atoms with E-state index >= 15 is 0 Å². The summed E-state index contributed by atoms with van der Waals surface area (Å²) in [7, 11) is 0. The molecule has 3 rings (SSSR count). The molecule has 0 amide bonds. The Morgan fingerprint density at radius 2 is 1.79 bits per heavy atom. The predicted molar refractivity (Wildman–Crippen MR) is 123 cm³/mol. The van der Waals surface area contributed by atoms with Crippen LogP contribution in [0.25, 0.3) is 16.1 Å². The average molecular weight is 427 g/mol. The lowest BCUT2D eigenvalue weighted by Gasteiger charge is -2.18. The molecule has 0 spiro atoms. The Morgan fingerprint density at radius 1 is 1.10 bits per heavy atom. The lowest BCUT2D eigenvalue weighted by Crippen LogP contribution is -2.29. The highest BCUT2D eigenvalue weighted by Crippen LogP contribution is 2.35. The number of benzene rings is 2. The number of aliphatic hydroxyl groups excluding tert-OH is 1. The number of anilines is 1. The molecule has 0 aliphatic heterocycles. The summed E-state index contributed by atoms with van der Waals surface area (Å²) in [5, 5.41) is 32.0. The molecule has 6 heteroatoms. The van der Waals surface area contributed by atoms with Crippen LogP contribution in [-0.2, 0) is 6.61 Å². The fourth-order valence-electron chi connectivity index (χ4n) is 2.72. The van der Waals surface area contributed by atoms with Crippen molar-refractivity contribution >= 4 is 40.0 Å². The van der Waals surface area contributed by atoms with Crippen molar-refractivity contribution in [1.82, 2.24) is 0 Å². The van der Waals surface area contributed by atoms with Gasteiger partial charge in [-0.1, -0.05) is 48.0 Å². The maximum absolute atomic E-state index is 10.2. The van der Waals surface area contributed by atoms with Gasteiger partial charge in [0.1, 0.15) is 5.60 Å². The molecule has 4 N–H and O–H groups in total. The largest absolute Gasteiger partial charge is 0.392 e. The SMILES string of the molecule is CC(C)(O)C(=N)/C=C(\Nc1ccccc1Cl)c1ccc(-c2ccccc2CO)s1. The summed E-state index contributed by atoms with van der Waals surface area (Å²) in [4.78, 5) is 1.90. The normalized spacial score (nSPS) is 12.1. The second kappa shape index (κ2) is 8.93. The van der Waals surface area contributed by atoms with Gasteiger partial charge in [0.05, 0.1) is 33.6 Å². The Hall–Kier alpha value is -2.44. The van der Waals surface area contributed by atoms with Crippen molar-refractivity contribution in [3.05, 3.63) is 82.2 Å². The number of para-hydroxylation sites is 1. The van der Waals surface area contributed by atoms with Crippen LogP contribution in [0.2, 0.25) is 5.02 Å².